The van der Waals surface area contributed by atoms with Gasteiger partial charge in [0, 0.05) is 16.5 Å². The van der Waals surface area contributed by atoms with Gasteiger partial charge in [-0.2, -0.15) is 0 Å². The molecular weight excluding hydrogens is 208 g/mol. The van der Waals surface area contributed by atoms with Gasteiger partial charge in [-0.1, -0.05) is 0 Å². The van der Waals surface area contributed by atoms with E-state index in [1.807, 2.05) is 19.1 Å². The predicted octanol–water partition coefficient (Wildman–Crippen LogP) is 2.76. The molecule has 0 aliphatic rings. The first-order valence-corrected chi connectivity index (χ1v) is 4.86. The topological polar surface area (TPSA) is 59.7 Å². The molecule has 1 N–H and O–H groups in total. The van der Waals surface area contributed by atoms with Crippen molar-refractivity contribution < 1.29 is 19.1 Å². The number of hydrogen-bond donors (Lipinski definition) is 1. The summed E-state index contributed by atoms with van der Waals surface area (Å²) in [5.74, 6) is -0.364. The Bertz CT molecular complexity index is 566. The molecule has 16 heavy (non-hydrogen) atoms. The zero-order valence-corrected chi connectivity index (χ0v) is 9.33. The molecular formula is C12H12O4. The molecule has 0 bridgehead atoms. The van der Waals surface area contributed by atoms with Gasteiger partial charge in [0.05, 0.1) is 7.11 Å². The van der Waals surface area contributed by atoms with Gasteiger partial charge in [-0.3, -0.25) is 0 Å². The van der Waals surface area contributed by atoms with Gasteiger partial charge in [0.1, 0.15) is 11.3 Å². The zero-order chi connectivity index (χ0) is 11.9. The van der Waals surface area contributed by atoms with Gasteiger partial charge in [0.15, 0.2) is 0 Å². The highest BCUT2D eigenvalue weighted by molar-refractivity contribution is 5.96. The number of carboxylic acids is 1. The molecule has 0 aliphatic heterocycles. The van der Waals surface area contributed by atoms with Crippen LogP contribution in [0.2, 0.25) is 0 Å². The average Bonchev–Trinajstić information content (AvgIpc) is 2.58. The van der Waals surface area contributed by atoms with Gasteiger partial charge < -0.3 is 14.3 Å². The number of ether oxygens (including phenoxy) is 1. The summed E-state index contributed by atoms with van der Waals surface area (Å²) in [5, 5.41) is 9.77. The third kappa shape index (κ3) is 1.34. The summed E-state index contributed by atoms with van der Waals surface area (Å²) in [6, 6.07) is 3.62. The number of methoxy groups -OCH3 is 1. The smallest absolute Gasteiger partial charge is 0.372 e. The minimum atomic E-state index is -1.05. The Hall–Kier alpha value is -1.97. The molecule has 0 unspecified atom stereocenters. The summed E-state index contributed by atoms with van der Waals surface area (Å²) in [6.45, 7) is 3.58. The van der Waals surface area contributed by atoms with Crippen molar-refractivity contribution in [1.82, 2.24) is 0 Å². The molecule has 0 radical (unpaired) electrons. The molecule has 1 aromatic heterocycles. The van der Waals surface area contributed by atoms with Crippen LogP contribution in [0.3, 0.4) is 0 Å². The molecule has 4 nitrogen and oxygen atoms in total. The van der Waals surface area contributed by atoms with Crippen molar-refractivity contribution in [3.63, 3.8) is 0 Å². The lowest BCUT2D eigenvalue weighted by Gasteiger charge is -2.03. The van der Waals surface area contributed by atoms with E-state index >= 15 is 0 Å². The van der Waals surface area contributed by atoms with Crippen molar-refractivity contribution in [2.75, 3.05) is 7.11 Å². The maximum Gasteiger partial charge on any atom is 0.372 e. The molecule has 0 atom stereocenters. The van der Waals surface area contributed by atoms with E-state index in [-0.39, 0.29) is 5.76 Å². The van der Waals surface area contributed by atoms with Crippen molar-refractivity contribution in [3.8, 4) is 5.75 Å². The van der Waals surface area contributed by atoms with Crippen LogP contribution in [0.15, 0.2) is 16.5 Å². The van der Waals surface area contributed by atoms with Crippen molar-refractivity contribution in [3.05, 3.63) is 29.0 Å². The highest BCUT2D eigenvalue weighted by Gasteiger charge is 2.18. The number of carbonyl (C=O) groups is 1. The number of rotatable bonds is 2. The zero-order valence-electron chi connectivity index (χ0n) is 9.33. The summed E-state index contributed by atoms with van der Waals surface area (Å²) in [4.78, 5) is 10.9. The minimum absolute atomic E-state index is 0.00801. The van der Waals surface area contributed by atoms with E-state index in [0.717, 1.165) is 10.9 Å². The Balaban J connectivity index is 2.81. The van der Waals surface area contributed by atoms with Crippen LogP contribution in [0, 0.1) is 13.8 Å². The maximum atomic E-state index is 10.9. The van der Waals surface area contributed by atoms with Crippen LogP contribution >= 0.6 is 0 Å². The predicted molar refractivity (Wildman–Crippen MR) is 59.2 cm³/mol. The van der Waals surface area contributed by atoms with E-state index in [9.17, 15) is 4.79 Å². The van der Waals surface area contributed by atoms with Gasteiger partial charge >= 0.3 is 5.97 Å². The van der Waals surface area contributed by atoms with Crippen LogP contribution in [-0.2, 0) is 0 Å². The van der Waals surface area contributed by atoms with Crippen LogP contribution in [0.5, 0.6) is 5.75 Å². The fourth-order valence-electron chi connectivity index (χ4n) is 1.83. The van der Waals surface area contributed by atoms with Gasteiger partial charge in [-0.15, -0.1) is 0 Å². The summed E-state index contributed by atoms with van der Waals surface area (Å²) < 4.78 is 10.5. The fourth-order valence-corrected chi connectivity index (χ4v) is 1.83. The quantitative estimate of drug-likeness (QED) is 0.845. The van der Waals surface area contributed by atoms with Crippen molar-refractivity contribution >= 4 is 16.9 Å². The van der Waals surface area contributed by atoms with Crippen LogP contribution in [0.1, 0.15) is 21.7 Å². The molecule has 4 heteroatoms. The van der Waals surface area contributed by atoms with E-state index in [1.54, 1.807) is 14.0 Å². The Morgan fingerprint density at radius 3 is 2.56 bits per heavy atom. The van der Waals surface area contributed by atoms with Crippen molar-refractivity contribution in [2.45, 2.75) is 13.8 Å². The van der Waals surface area contributed by atoms with Crippen molar-refractivity contribution in [2.24, 2.45) is 0 Å². The molecule has 0 fully saturated rings. The van der Waals surface area contributed by atoms with E-state index in [1.165, 1.54) is 0 Å². The third-order valence-corrected chi connectivity index (χ3v) is 2.72. The summed E-state index contributed by atoms with van der Waals surface area (Å²) >= 11 is 0. The number of aromatic carboxylic acids is 1. The Morgan fingerprint density at radius 2 is 2.00 bits per heavy atom. The third-order valence-electron chi connectivity index (χ3n) is 2.72. The molecule has 0 amide bonds. The van der Waals surface area contributed by atoms with Gasteiger partial charge in [0.2, 0.25) is 5.76 Å². The summed E-state index contributed by atoms with van der Waals surface area (Å²) in [7, 11) is 1.57. The maximum absolute atomic E-state index is 10.9. The van der Waals surface area contributed by atoms with Crippen molar-refractivity contribution in [1.29, 1.82) is 0 Å². The molecule has 2 rings (SSSR count). The summed E-state index contributed by atoms with van der Waals surface area (Å²) in [5.41, 5.74) is 2.04. The summed E-state index contributed by atoms with van der Waals surface area (Å²) in [6.07, 6.45) is 0. The van der Waals surface area contributed by atoms with Gasteiger partial charge in [0.25, 0.3) is 0 Å². The lowest BCUT2D eigenvalue weighted by Crippen LogP contribution is -1.94. The first kappa shape index (κ1) is 10.5. The lowest BCUT2D eigenvalue weighted by atomic mass is 10.1. The highest BCUT2D eigenvalue weighted by atomic mass is 16.5. The fraction of sp³-hybridized carbons (Fsp3) is 0.250. The molecule has 0 saturated heterocycles. The second kappa shape index (κ2) is 3.56. The first-order chi connectivity index (χ1) is 7.56. The van der Waals surface area contributed by atoms with E-state index in [0.29, 0.717) is 16.9 Å². The Labute approximate surface area is 92.4 Å². The standard InChI is InChI=1S/C12H12O4/c1-6-8-4-5-9(15-3)7(2)10(8)16-11(6)12(13)14/h4-5H,1-3H3,(H,13,14). The van der Waals surface area contributed by atoms with E-state index < -0.39 is 5.97 Å². The molecule has 1 aromatic carbocycles. The molecule has 0 spiro atoms. The molecule has 0 saturated carbocycles. The lowest BCUT2D eigenvalue weighted by molar-refractivity contribution is 0.0664. The number of furan rings is 1. The van der Waals surface area contributed by atoms with Crippen LogP contribution in [0.25, 0.3) is 11.0 Å². The number of aryl methyl sites for hydroxylation is 2. The molecule has 84 valence electrons. The monoisotopic (exact) mass is 220 g/mol. The average molecular weight is 220 g/mol. The van der Waals surface area contributed by atoms with Crippen LogP contribution in [-0.4, -0.2) is 18.2 Å². The Morgan fingerprint density at radius 1 is 1.31 bits per heavy atom. The Kier molecular flexibility index (Phi) is 2.34. The number of fused-ring (bicyclic) bond motifs is 1. The minimum Gasteiger partial charge on any atom is -0.496 e. The first-order valence-electron chi connectivity index (χ1n) is 4.86. The molecule has 2 aromatic rings. The normalized spacial score (nSPS) is 10.7. The van der Waals surface area contributed by atoms with E-state index in [2.05, 4.69) is 0 Å². The highest BCUT2D eigenvalue weighted by Crippen LogP contribution is 2.32. The molecule has 1 heterocycles. The number of carboxylic acid groups (broad SMARTS) is 1. The van der Waals surface area contributed by atoms with E-state index in [4.69, 9.17) is 14.3 Å². The van der Waals surface area contributed by atoms with Gasteiger partial charge in [-0.05, 0) is 26.0 Å². The second-order valence-electron chi connectivity index (χ2n) is 3.63. The van der Waals surface area contributed by atoms with Crippen LogP contribution in [0.4, 0.5) is 0 Å². The number of hydrogen-bond acceptors (Lipinski definition) is 3. The largest absolute Gasteiger partial charge is 0.496 e. The van der Waals surface area contributed by atoms with Gasteiger partial charge in [-0.25, -0.2) is 4.79 Å². The SMILES string of the molecule is COc1ccc2c(C)c(C(=O)O)oc2c1C. The second-order valence-corrected chi connectivity index (χ2v) is 3.63. The van der Waals surface area contributed by atoms with Crippen LogP contribution < -0.4 is 4.74 Å². The number of benzene rings is 1. The molecule has 0 aliphatic carbocycles.